The maximum Gasteiger partial charge on any atom is 0.0952 e. The number of benzene rings is 1. The maximum absolute atomic E-state index is 5.80. The highest BCUT2D eigenvalue weighted by molar-refractivity contribution is 5.18. The van der Waals surface area contributed by atoms with Crippen molar-refractivity contribution in [1.29, 1.82) is 0 Å². The SMILES string of the molecule is NCCCN1CCO[C@@H](c2ccccc2)C1. The van der Waals surface area contributed by atoms with Gasteiger partial charge in [0.05, 0.1) is 12.7 Å². The summed E-state index contributed by atoms with van der Waals surface area (Å²) in [6, 6.07) is 10.4. The number of hydrogen-bond acceptors (Lipinski definition) is 3. The Morgan fingerprint density at radius 1 is 1.31 bits per heavy atom. The summed E-state index contributed by atoms with van der Waals surface area (Å²) in [5.41, 5.74) is 6.81. The standard InChI is InChI=1S/C13H20N2O/c14-7-4-8-15-9-10-16-13(11-15)12-5-2-1-3-6-12/h1-3,5-6,13H,4,7-11,14H2/t13-/m1/s1. The largest absolute Gasteiger partial charge is 0.371 e. The van der Waals surface area contributed by atoms with E-state index in [4.69, 9.17) is 10.5 Å². The summed E-state index contributed by atoms with van der Waals surface area (Å²) >= 11 is 0. The molecule has 1 heterocycles. The molecular formula is C13H20N2O. The topological polar surface area (TPSA) is 38.5 Å². The first kappa shape index (κ1) is 11.6. The molecular weight excluding hydrogens is 200 g/mol. The van der Waals surface area contributed by atoms with Crippen molar-refractivity contribution in [2.24, 2.45) is 5.73 Å². The summed E-state index contributed by atoms with van der Waals surface area (Å²) in [6.07, 6.45) is 1.30. The molecule has 1 fully saturated rings. The molecule has 0 radical (unpaired) electrons. The molecule has 1 aromatic carbocycles. The Balaban J connectivity index is 1.91. The maximum atomic E-state index is 5.80. The molecule has 0 aliphatic carbocycles. The fourth-order valence-electron chi connectivity index (χ4n) is 2.09. The van der Waals surface area contributed by atoms with E-state index in [9.17, 15) is 0 Å². The molecule has 2 rings (SSSR count). The minimum Gasteiger partial charge on any atom is -0.371 e. The zero-order chi connectivity index (χ0) is 11.2. The molecule has 1 aliphatic rings. The highest BCUT2D eigenvalue weighted by atomic mass is 16.5. The average molecular weight is 220 g/mol. The zero-order valence-corrected chi connectivity index (χ0v) is 9.64. The van der Waals surface area contributed by atoms with Crippen molar-refractivity contribution in [1.82, 2.24) is 4.90 Å². The van der Waals surface area contributed by atoms with E-state index >= 15 is 0 Å². The van der Waals surface area contributed by atoms with Gasteiger partial charge in [0.1, 0.15) is 0 Å². The molecule has 2 N–H and O–H groups in total. The van der Waals surface area contributed by atoms with Gasteiger partial charge in [-0.2, -0.15) is 0 Å². The highest BCUT2D eigenvalue weighted by Gasteiger charge is 2.20. The summed E-state index contributed by atoms with van der Waals surface area (Å²) in [6.45, 7) is 4.70. The van der Waals surface area contributed by atoms with Gasteiger partial charge in [-0.25, -0.2) is 0 Å². The Hall–Kier alpha value is -0.900. The molecule has 0 saturated carbocycles. The van der Waals surface area contributed by atoms with Crippen LogP contribution in [0.5, 0.6) is 0 Å². The Morgan fingerprint density at radius 2 is 2.12 bits per heavy atom. The first-order valence-corrected chi connectivity index (χ1v) is 5.99. The summed E-state index contributed by atoms with van der Waals surface area (Å²) in [5, 5.41) is 0. The first-order chi connectivity index (χ1) is 7.90. The molecule has 1 atom stereocenters. The van der Waals surface area contributed by atoms with E-state index in [0.717, 1.165) is 39.2 Å². The van der Waals surface area contributed by atoms with Gasteiger partial charge in [0, 0.05) is 13.1 Å². The van der Waals surface area contributed by atoms with E-state index in [0.29, 0.717) is 0 Å². The molecule has 0 unspecified atom stereocenters. The second kappa shape index (κ2) is 5.99. The molecule has 1 saturated heterocycles. The Kier molecular flexibility index (Phi) is 4.34. The van der Waals surface area contributed by atoms with Gasteiger partial charge >= 0.3 is 0 Å². The minimum atomic E-state index is 0.229. The van der Waals surface area contributed by atoms with Crippen LogP contribution in [0.1, 0.15) is 18.1 Å². The molecule has 16 heavy (non-hydrogen) atoms. The van der Waals surface area contributed by atoms with Crippen LogP contribution in [0.15, 0.2) is 30.3 Å². The third-order valence-corrected chi connectivity index (χ3v) is 3.00. The molecule has 3 heteroatoms. The van der Waals surface area contributed by atoms with Gasteiger partial charge in [0.25, 0.3) is 0 Å². The van der Waals surface area contributed by atoms with Crippen LogP contribution in [0.4, 0.5) is 0 Å². The van der Waals surface area contributed by atoms with Gasteiger partial charge in [-0.3, -0.25) is 4.90 Å². The number of rotatable bonds is 4. The summed E-state index contributed by atoms with van der Waals surface area (Å²) < 4.78 is 5.80. The second-order valence-corrected chi connectivity index (χ2v) is 4.21. The lowest BCUT2D eigenvalue weighted by Crippen LogP contribution is -2.39. The minimum absolute atomic E-state index is 0.229. The highest BCUT2D eigenvalue weighted by Crippen LogP contribution is 2.21. The molecule has 0 amide bonds. The normalized spacial score (nSPS) is 22.2. The third-order valence-electron chi connectivity index (χ3n) is 3.00. The fraction of sp³-hybridized carbons (Fsp3) is 0.538. The Morgan fingerprint density at radius 3 is 2.88 bits per heavy atom. The number of nitrogens with zero attached hydrogens (tertiary/aromatic N) is 1. The number of morpholine rings is 1. The quantitative estimate of drug-likeness (QED) is 0.833. The first-order valence-electron chi connectivity index (χ1n) is 5.99. The van der Waals surface area contributed by atoms with Crippen LogP contribution in [0.3, 0.4) is 0 Å². The number of ether oxygens (including phenoxy) is 1. The zero-order valence-electron chi connectivity index (χ0n) is 9.64. The van der Waals surface area contributed by atoms with Crippen LogP contribution in [-0.2, 0) is 4.74 Å². The van der Waals surface area contributed by atoms with E-state index in [1.54, 1.807) is 0 Å². The summed E-state index contributed by atoms with van der Waals surface area (Å²) in [5.74, 6) is 0. The van der Waals surface area contributed by atoms with Gasteiger partial charge in [-0.15, -0.1) is 0 Å². The lowest BCUT2D eigenvalue weighted by Gasteiger charge is -2.33. The monoisotopic (exact) mass is 220 g/mol. The van der Waals surface area contributed by atoms with Crippen molar-refractivity contribution in [2.45, 2.75) is 12.5 Å². The molecule has 3 nitrogen and oxygen atoms in total. The van der Waals surface area contributed by atoms with Crippen molar-refractivity contribution in [2.75, 3.05) is 32.8 Å². The van der Waals surface area contributed by atoms with Crippen LogP contribution in [-0.4, -0.2) is 37.7 Å². The van der Waals surface area contributed by atoms with Crippen molar-refractivity contribution in [3.05, 3.63) is 35.9 Å². The van der Waals surface area contributed by atoms with Crippen molar-refractivity contribution < 1.29 is 4.74 Å². The van der Waals surface area contributed by atoms with Crippen molar-refractivity contribution in [3.8, 4) is 0 Å². The molecule has 0 aromatic heterocycles. The van der Waals surface area contributed by atoms with Crippen molar-refractivity contribution in [3.63, 3.8) is 0 Å². The number of nitrogens with two attached hydrogens (primary N) is 1. The molecule has 88 valence electrons. The summed E-state index contributed by atoms with van der Waals surface area (Å²) in [4.78, 5) is 2.44. The van der Waals surface area contributed by atoms with Crippen LogP contribution < -0.4 is 5.73 Å². The lowest BCUT2D eigenvalue weighted by atomic mass is 10.1. The molecule has 0 spiro atoms. The van der Waals surface area contributed by atoms with E-state index in [1.807, 2.05) is 6.07 Å². The Bertz CT molecular complexity index is 302. The van der Waals surface area contributed by atoms with E-state index < -0.39 is 0 Å². The van der Waals surface area contributed by atoms with E-state index in [2.05, 4.69) is 29.2 Å². The van der Waals surface area contributed by atoms with Crippen LogP contribution in [0.2, 0.25) is 0 Å². The van der Waals surface area contributed by atoms with E-state index in [-0.39, 0.29) is 6.10 Å². The second-order valence-electron chi connectivity index (χ2n) is 4.21. The molecule has 1 aromatic rings. The van der Waals surface area contributed by atoms with Crippen molar-refractivity contribution >= 4 is 0 Å². The fourth-order valence-corrected chi connectivity index (χ4v) is 2.09. The molecule has 1 aliphatic heterocycles. The van der Waals surface area contributed by atoms with Gasteiger partial charge in [-0.1, -0.05) is 30.3 Å². The summed E-state index contributed by atoms with van der Waals surface area (Å²) in [7, 11) is 0. The predicted octanol–water partition coefficient (Wildman–Crippen LogP) is 1.41. The smallest absolute Gasteiger partial charge is 0.0952 e. The van der Waals surface area contributed by atoms with Crippen LogP contribution in [0, 0.1) is 0 Å². The van der Waals surface area contributed by atoms with Crippen LogP contribution in [0.25, 0.3) is 0 Å². The lowest BCUT2D eigenvalue weighted by molar-refractivity contribution is -0.0300. The van der Waals surface area contributed by atoms with Gasteiger partial charge in [0.2, 0.25) is 0 Å². The van der Waals surface area contributed by atoms with Crippen LogP contribution >= 0.6 is 0 Å². The average Bonchev–Trinajstić information content (AvgIpc) is 2.38. The third kappa shape index (κ3) is 3.04. The molecule has 0 bridgehead atoms. The van der Waals surface area contributed by atoms with Gasteiger partial charge in [-0.05, 0) is 25.1 Å². The number of hydrogen-bond donors (Lipinski definition) is 1. The van der Waals surface area contributed by atoms with Gasteiger partial charge < -0.3 is 10.5 Å². The Labute approximate surface area is 97.2 Å². The van der Waals surface area contributed by atoms with Gasteiger partial charge in [0.15, 0.2) is 0 Å². The predicted molar refractivity (Wildman–Crippen MR) is 65.2 cm³/mol. The van der Waals surface area contributed by atoms with E-state index in [1.165, 1.54) is 5.56 Å².